The third kappa shape index (κ3) is 4.11. The van der Waals surface area contributed by atoms with Gasteiger partial charge in [-0.05, 0) is 6.54 Å². The number of rotatable bonds is 1. The monoisotopic (exact) mass is 204 g/mol. The molecule has 5 heteroatoms. The first kappa shape index (κ1) is 14.0. The minimum atomic E-state index is -0.760. The molecule has 1 aliphatic rings. The van der Waals surface area contributed by atoms with E-state index in [1.807, 2.05) is 11.8 Å². The van der Waals surface area contributed by atoms with Crippen LogP contribution in [-0.4, -0.2) is 37.4 Å². The Hall–Kier alpha value is 0.430. The van der Waals surface area contributed by atoms with Gasteiger partial charge in [-0.1, -0.05) is 6.92 Å². The van der Waals surface area contributed by atoms with Crippen molar-refractivity contribution < 1.29 is 4.39 Å². The zero-order valence-electron chi connectivity index (χ0n) is 6.55. The fourth-order valence-corrected chi connectivity index (χ4v) is 1.07. The maximum Gasteiger partial charge on any atom is 0.166 e. The third-order valence-corrected chi connectivity index (χ3v) is 1.69. The molecule has 1 N–H and O–H groups in total. The molecule has 0 aromatic heterocycles. The smallest absolute Gasteiger partial charge is 0.166 e. The van der Waals surface area contributed by atoms with Crippen molar-refractivity contribution in [3.8, 4) is 0 Å². The highest BCUT2D eigenvalue weighted by atomic mass is 35.5. The van der Waals surface area contributed by atoms with Crippen LogP contribution in [0, 0.1) is 0 Å². The summed E-state index contributed by atoms with van der Waals surface area (Å²) in [5, 5.41) is 2.98. The maximum atomic E-state index is 12.7. The molecule has 1 unspecified atom stereocenters. The second-order valence-corrected chi connectivity index (χ2v) is 2.27. The van der Waals surface area contributed by atoms with Gasteiger partial charge in [-0.3, -0.25) is 4.90 Å². The molecular weight excluding hydrogens is 190 g/mol. The molecule has 1 heterocycles. The van der Waals surface area contributed by atoms with Crippen LogP contribution in [0.15, 0.2) is 0 Å². The fraction of sp³-hybridized carbons (Fsp3) is 1.00. The first-order chi connectivity index (χ1) is 4.34. The largest absolute Gasteiger partial charge is 0.311 e. The van der Waals surface area contributed by atoms with Crippen molar-refractivity contribution in [2.75, 3.05) is 26.2 Å². The van der Waals surface area contributed by atoms with Gasteiger partial charge >= 0.3 is 0 Å². The van der Waals surface area contributed by atoms with E-state index in [0.29, 0.717) is 6.54 Å². The zero-order chi connectivity index (χ0) is 6.69. The van der Waals surface area contributed by atoms with Crippen LogP contribution in [-0.2, 0) is 0 Å². The van der Waals surface area contributed by atoms with Crippen molar-refractivity contribution in [2.45, 2.75) is 13.2 Å². The minimum absolute atomic E-state index is 0. The van der Waals surface area contributed by atoms with Crippen LogP contribution in [0.25, 0.3) is 0 Å². The molecule has 1 fully saturated rings. The van der Waals surface area contributed by atoms with Crippen LogP contribution in [0.3, 0.4) is 0 Å². The first-order valence-corrected chi connectivity index (χ1v) is 3.43. The number of alkyl halides is 1. The van der Waals surface area contributed by atoms with Crippen molar-refractivity contribution in [1.82, 2.24) is 10.2 Å². The van der Waals surface area contributed by atoms with Crippen LogP contribution < -0.4 is 5.32 Å². The Labute approximate surface area is 79.3 Å². The maximum absolute atomic E-state index is 12.7. The van der Waals surface area contributed by atoms with Gasteiger partial charge in [0.2, 0.25) is 0 Å². The predicted molar refractivity (Wildman–Crippen MR) is 49.5 cm³/mol. The lowest BCUT2D eigenvalue weighted by Crippen LogP contribution is -2.48. The summed E-state index contributed by atoms with van der Waals surface area (Å²) in [4.78, 5) is 1.83. The van der Waals surface area contributed by atoms with Crippen LogP contribution in [0.1, 0.15) is 6.92 Å². The Balaban J connectivity index is 0. The van der Waals surface area contributed by atoms with Crippen LogP contribution >= 0.6 is 24.8 Å². The van der Waals surface area contributed by atoms with Crippen molar-refractivity contribution in [1.29, 1.82) is 0 Å². The Morgan fingerprint density at radius 3 is 2.55 bits per heavy atom. The summed E-state index contributed by atoms with van der Waals surface area (Å²) in [6, 6.07) is 0. The SMILES string of the molecule is CCN1CCNCC1F.Cl.Cl. The van der Waals surface area contributed by atoms with Gasteiger partial charge in [0, 0.05) is 19.6 Å². The van der Waals surface area contributed by atoms with E-state index in [9.17, 15) is 4.39 Å². The van der Waals surface area contributed by atoms with E-state index < -0.39 is 6.30 Å². The summed E-state index contributed by atoms with van der Waals surface area (Å²) in [5.74, 6) is 0. The van der Waals surface area contributed by atoms with E-state index in [0.717, 1.165) is 19.6 Å². The molecule has 11 heavy (non-hydrogen) atoms. The zero-order valence-corrected chi connectivity index (χ0v) is 8.18. The average molecular weight is 205 g/mol. The number of nitrogens with one attached hydrogen (secondary N) is 1. The average Bonchev–Trinajstić information content (AvgIpc) is 1.89. The van der Waals surface area contributed by atoms with Gasteiger partial charge in [-0.25, -0.2) is 4.39 Å². The number of likely N-dealkylation sites (N-methyl/N-ethyl adjacent to an activating group) is 1. The second-order valence-electron chi connectivity index (χ2n) is 2.27. The molecular formula is C6H15Cl2FN2. The van der Waals surface area contributed by atoms with E-state index in [2.05, 4.69) is 5.32 Å². The van der Waals surface area contributed by atoms with Gasteiger partial charge in [0.15, 0.2) is 6.30 Å². The molecule has 0 spiro atoms. The molecule has 1 atom stereocenters. The summed E-state index contributed by atoms with van der Waals surface area (Å²) in [6.45, 7) is 5.07. The van der Waals surface area contributed by atoms with E-state index >= 15 is 0 Å². The summed E-state index contributed by atoms with van der Waals surface area (Å²) >= 11 is 0. The molecule has 0 saturated carbocycles. The second kappa shape index (κ2) is 7.10. The van der Waals surface area contributed by atoms with Crippen molar-refractivity contribution in [3.63, 3.8) is 0 Å². The lowest BCUT2D eigenvalue weighted by Gasteiger charge is -2.29. The Bertz CT molecular complexity index is 94.7. The number of halogens is 3. The number of nitrogens with zero attached hydrogens (tertiary/aromatic N) is 1. The lowest BCUT2D eigenvalue weighted by atomic mass is 10.3. The predicted octanol–water partition coefficient (Wildman–Crippen LogP) is 1.05. The van der Waals surface area contributed by atoms with Gasteiger partial charge in [0.05, 0.1) is 0 Å². The molecule has 1 aliphatic heterocycles. The molecule has 2 nitrogen and oxygen atoms in total. The Morgan fingerprint density at radius 1 is 1.55 bits per heavy atom. The number of hydrogen-bond acceptors (Lipinski definition) is 2. The van der Waals surface area contributed by atoms with Crippen LogP contribution in [0.4, 0.5) is 4.39 Å². The lowest BCUT2D eigenvalue weighted by molar-refractivity contribution is 0.0642. The van der Waals surface area contributed by atoms with E-state index in [1.54, 1.807) is 0 Å². The Kier molecular flexibility index (Phi) is 9.02. The van der Waals surface area contributed by atoms with Gasteiger partial charge in [0.25, 0.3) is 0 Å². The van der Waals surface area contributed by atoms with Gasteiger partial charge < -0.3 is 5.32 Å². The topological polar surface area (TPSA) is 15.3 Å². The van der Waals surface area contributed by atoms with Crippen molar-refractivity contribution >= 4 is 24.8 Å². The molecule has 0 radical (unpaired) electrons. The third-order valence-electron chi connectivity index (χ3n) is 1.69. The highest BCUT2D eigenvalue weighted by molar-refractivity contribution is 5.85. The van der Waals surface area contributed by atoms with Gasteiger partial charge in [0.1, 0.15) is 0 Å². The number of piperazine rings is 1. The minimum Gasteiger partial charge on any atom is -0.311 e. The normalized spacial score (nSPS) is 25.1. The summed E-state index contributed by atoms with van der Waals surface area (Å²) in [7, 11) is 0. The fourth-order valence-electron chi connectivity index (χ4n) is 1.07. The Morgan fingerprint density at radius 2 is 2.18 bits per heavy atom. The first-order valence-electron chi connectivity index (χ1n) is 3.43. The van der Waals surface area contributed by atoms with Gasteiger partial charge in [-0.2, -0.15) is 0 Å². The molecule has 0 amide bonds. The quantitative estimate of drug-likeness (QED) is 0.643. The summed E-state index contributed by atoms with van der Waals surface area (Å²) < 4.78 is 12.7. The molecule has 0 aromatic carbocycles. The molecule has 0 aliphatic carbocycles. The molecule has 0 aromatic rings. The molecule has 1 saturated heterocycles. The van der Waals surface area contributed by atoms with Gasteiger partial charge in [-0.15, -0.1) is 24.8 Å². The highest BCUT2D eigenvalue weighted by Gasteiger charge is 2.18. The number of hydrogen-bond donors (Lipinski definition) is 1. The highest BCUT2D eigenvalue weighted by Crippen LogP contribution is 2.01. The standard InChI is InChI=1S/C6H13FN2.2ClH/c1-2-9-4-3-8-5-6(9)7;;/h6,8H,2-5H2,1H3;2*1H. The summed E-state index contributed by atoms with van der Waals surface area (Å²) in [5.41, 5.74) is 0. The van der Waals surface area contributed by atoms with Crippen LogP contribution in [0.5, 0.6) is 0 Å². The van der Waals surface area contributed by atoms with Crippen molar-refractivity contribution in [3.05, 3.63) is 0 Å². The van der Waals surface area contributed by atoms with E-state index in [4.69, 9.17) is 0 Å². The van der Waals surface area contributed by atoms with Crippen LogP contribution in [0.2, 0.25) is 0 Å². The van der Waals surface area contributed by atoms with Crippen molar-refractivity contribution in [2.24, 2.45) is 0 Å². The van der Waals surface area contributed by atoms with E-state index in [1.165, 1.54) is 0 Å². The van der Waals surface area contributed by atoms with E-state index in [-0.39, 0.29) is 24.8 Å². The summed E-state index contributed by atoms with van der Waals surface area (Å²) in [6.07, 6.45) is -0.760. The molecule has 1 rings (SSSR count). The molecule has 0 bridgehead atoms. The molecule has 70 valence electrons.